The van der Waals surface area contributed by atoms with Crippen molar-refractivity contribution in [2.75, 3.05) is 0 Å². The Hall–Kier alpha value is -1.47. The van der Waals surface area contributed by atoms with E-state index in [0.29, 0.717) is 5.56 Å². The lowest BCUT2D eigenvalue weighted by molar-refractivity contribution is -0.137. The van der Waals surface area contributed by atoms with Crippen LogP contribution in [-0.2, 0) is 6.18 Å². The summed E-state index contributed by atoms with van der Waals surface area (Å²) in [5.41, 5.74) is -0.0547. The topological polar surface area (TPSA) is 12.0 Å². The van der Waals surface area contributed by atoms with E-state index >= 15 is 0 Å². The number of hydrogen-bond acceptors (Lipinski definition) is 1. The molecule has 1 N–H and O–H groups in total. The van der Waals surface area contributed by atoms with Gasteiger partial charge in [0.1, 0.15) is 0 Å². The number of halogens is 3. The van der Waals surface area contributed by atoms with E-state index < -0.39 is 11.7 Å². The monoisotopic (exact) mass is 255 g/mol. The number of nitrogens with one attached hydrogen (secondary N) is 1. The predicted molar refractivity (Wildman–Crippen MR) is 65.9 cm³/mol. The molecule has 0 aliphatic rings. The van der Waals surface area contributed by atoms with Crippen LogP contribution >= 0.6 is 0 Å². The summed E-state index contributed by atoms with van der Waals surface area (Å²) in [5, 5.41) is 3.11. The van der Waals surface area contributed by atoms with Crippen LogP contribution in [-0.4, -0.2) is 6.04 Å². The largest absolute Gasteiger partial charge is 0.416 e. The Morgan fingerprint density at radius 3 is 2.56 bits per heavy atom. The average molecular weight is 255 g/mol. The molecular weight excluding hydrogens is 239 g/mol. The molecule has 0 fully saturated rings. The first-order chi connectivity index (χ1) is 8.38. The highest BCUT2D eigenvalue weighted by Crippen LogP contribution is 2.30. The zero-order valence-electron chi connectivity index (χ0n) is 10.4. The summed E-state index contributed by atoms with van der Waals surface area (Å²) in [7, 11) is 0. The lowest BCUT2D eigenvalue weighted by Crippen LogP contribution is -2.29. The smallest absolute Gasteiger partial charge is 0.297 e. The molecule has 18 heavy (non-hydrogen) atoms. The fraction of sp³-hybridized carbons (Fsp3) is 0.429. The molecule has 0 spiro atoms. The van der Waals surface area contributed by atoms with Gasteiger partial charge < -0.3 is 0 Å². The van der Waals surface area contributed by atoms with Gasteiger partial charge in [-0.15, -0.1) is 6.42 Å². The summed E-state index contributed by atoms with van der Waals surface area (Å²) in [4.78, 5) is 0. The van der Waals surface area contributed by atoms with Crippen LogP contribution in [0.5, 0.6) is 0 Å². The lowest BCUT2D eigenvalue weighted by Gasteiger charge is -2.19. The second-order valence-corrected chi connectivity index (χ2v) is 4.14. The maximum absolute atomic E-state index is 12.6. The third-order valence-corrected chi connectivity index (χ3v) is 2.77. The molecule has 0 aliphatic carbocycles. The van der Waals surface area contributed by atoms with Crippen molar-refractivity contribution in [2.24, 2.45) is 0 Å². The quantitative estimate of drug-likeness (QED) is 0.808. The summed E-state index contributed by atoms with van der Waals surface area (Å²) in [6.45, 7) is 3.73. The standard InChI is InChI=1S/C14H16F3N/c1-4-13(5-2)18-10(3)11-7-6-8-12(9-11)14(15,16)17/h1,6-10,13,18H,5H2,2-3H3. The summed E-state index contributed by atoms with van der Waals surface area (Å²) in [6, 6.07) is 4.95. The van der Waals surface area contributed by atoms with E-state index in [1.165, 1.54) is 6.07 Å². The molecule has 4 heteroatoms. The molecule has 0 heterocycles. The van der Waals surface area contributed by atoms with E-state index in [9.17, 15) is 13.2 Å². The Labute approximate surface area is 105 Å². The van der Waals surface area contributed by atoms with E-state index in [1.807, 2.05) is 6.92 Å². The molecule has 1 rings (SSSR count). The van der Waals surface area contributed by atoms with Gasteiger partial charge in [-0.05, 0) is 31.0 Å². The Kier molecular flexibility index (Phi) is 4.80. The summed E-state index contributed by atoms with van der Waals surface area (Å²) in [6.07, 6.45) is 1.74. The highest BCUT2D eigenvalue weighted by molar-refractivity contribution is 5.28. The van der Waals surface area contributed by atoms with Crippen LogP contribution in [0, 0.1) is 12.3 Å². The van der Waals surface area contributed by atoms with Crippen molar-refractivity contribution in [1.82, 2.24) is 5.32 Å². The number of benzene rings is 1. The third kappa shape index (κ3) is 3.78. The van der Waals surface area contributed by atoms with Gasteiger partial charge in [-0.1, -0.05) is 25.0 Å². The average Bonchev–Trinajstić information content (AvgIpc) is 2.34. The van der Waals surface area contributed by atoms with Crippen LogP contribution in [0.15, 0.2) is 24.3 Å². The van der Waals surface area contributed by atoms with E-state index in [4.69, 9.17) is 6.42 Å². The minimum absolute atomic E-state index is 0.130. The van der Waals surface area contributed by atoms with Crippen molar-refractivity contribution in [3.05, 3.63) is 35.4 Å². The highest BCUT2D eigenvalue weighted by Gasteiger charge is 2.30. The van der Waals surface area contributed by atoms with Gasteiger partial charge >= 0.3 is 6.18 Å². The normalized spacial score (nSPS) is 14.9. The van der Waals surface area contributed by atoms with E-state index in [-0.39, 0.29) is 12.1 Å². The van der Waals surface area contributed by atoms with E-state index in [1.54, 1.807) is 13.0 Å². The molecule has 0 bridgehead atoms. The van der Waals surface area contributed by atoms with Gasteiger partial charge in [-0.2, -0.15) is 13.2 Å². The molecule has 1 nitrogen and oxygen atoms in total. The molecule has 0 aromatic heterocycles. The zero-order chi connectivity index (χ0) is 13.8. The molecule has 1 aromatic rings. The first-order valence-corrected chi connectivity index (χ1v) is 5.77. The van der Waals surface area contributed by atoms with Crippen molar-refractivity contribution in [2.45, 2.75) is 38.5 Å². The first kappa shape index (κ1) is 14.6. The molecule has 0 amide bonds. The SMILES string of the molecule is C#CC(CC)NC(C)c1cccc(C(F)(F)F)c1. The molecule has 0 saturated heterocycles. The van der Waals surface area contributed by atoms with Gasteiger partial charge in [0.2, 0.25) is 0 Å². The van der Waals surface area contributed by atoms with Crippen molar-refractivity contribution in [1.29, 1.82) is 0 Å². The van der Waals surface area contributed by atoms with Crippen molar-refractivity contribution in [3.8, 4) is 12.3 Å². The van der Waals surface area contributed by atoms with Gasteiger partial charge in [0.15, 0.2) is 0 Å². The molecule has 1 aromatic carbocycles. The molecule has 0 radical (unpaired) electrons. The first-order valence-electron chi connectivity index (χ1n) is 5.77. The van der Waals surface area contributed by atoms with Crippen molar-refractivity contribution in [3.63, 3.8) is 0 Å². The lowest BCUT2D eigenvalue weighted by atomic mass is 10.0. The van der Waals surface area contributed by atoms with Gasteiger partial charge in [0, 0.05) is 6.04 Å². The van der Waals surface area contributed by atoms with Crippen LogP contribution in [0.25, 0.3) is 0 Å². The molecule has 2 atom stereocenters. The molecule has 0 saturated carbocycles. The minimum Gasteiger partial charge on any atom is -0.297 e. The maximum atomic E-state index is 12.6. The number of hydrogen-bond donors (Lipinski definition) is 1. The summed E-state index contributed by atoms with van der Waals surface area (Å²) >= 11 is 0. The van der Waals surface area contributed by atoms with Gasteiger partial charge in [-0.25, -0.2) is 0 Å². The maximum Gasteiger partial charge on any atom is 0.416 e. The highest BCUT2D eigenvalue weighted by atomic mass is 19.4. The van der Waals surface area contributed by atoms with Crippen LogP contribution < -0.4 is 5.32 Å². The number of terminal acetylenes is 1. The summed E-state index contributed by atoms with van der Waals surface area (Å²) in [5.74, 6) is 2.56. The Morgan fingerprint density at radius 1 is 1.39 bits per heavy atom. The second-order valence-electron chi connectivity index (χ2n) is 4.14. The Bertz CT molecular complexity index is 431. The zero-order valence-corrected chi connectivity index (χ0v) is 10.4. The van der Waals surface area contributed by atoms with E-state index in [0.717, 1.165) is 18.6 Å². The summed E-state index contributed by atoms with van der Waals surface area (Å²) < 4.78 is 37.7. The number of rotatable bonds is 4. The fourth-order valence-corrected chi connectivity index (χ4v) is 1.67. The Morgan fingerprint density at radius 2 is 2.06 bits per heavy atom. The second kappa shape index (κ2) is 5.92. The Balaban J connectivity index is 2.87. The molecule has 2 unspecified atom stereocenters. The van der Waals surface area contributed by atoms with Crippen molar-refractivity contribution < 1.29 is 13.2 Å². The minimum atomic E-state index is -4.31. The molecule has 0 aliphatic heterocycles. The number of alkyl halides is 3. The van der Waals surface area contributed by atoms with Crippen molar-refractivity contribution >= 4 is 0 Å². The van der Waals surface area contributed by atoms with Crippen LogP contribution in [0.2, 0.25) is 0 Å². The molecular formula is C14H16F3N. The molecule has 98 valence electrons. The fourth-order valence-electron chi connectivity index (χ4n) is 1.67. The van der Waals surface area contributed by atoms with Crippen LogP contribution in [0.1, 0.15) is 37.4 Å². The predicted octanol–water partition coefficient (Wildman–Crippen LogP) is 3.77. The van der Waals surface area contributed by atoms with Gasteiger partial charge in [-0.3, -0.25) is 5.32 Å². The van der Waals surface area contributed by atoms with E-state index in [2.05, 4.69) is 11.2 Å². The van der Waals surface area contributed by atoms with Gasteiger partial charge in [0.25, 0.3) is 0 Å². The van der Waals surface area contributed by atoms with Crippen LogP contribution in [0.3, 0.4) is 0 Å². The third-order valence-electron chi connectivity index (χ3n) is 2.77. The van der Waals surface area contributed by atoms with Crippen LogP contribution in [0.4, 0.5) is 13.2 Å². The van der Waals surface area contributed by atoms with Gasteiger partial charge in [0.05, 0.1) is 11.6 Å².